The van der Waals surface area contributed by atoms with Crippen LogP contribution in [0.25, 0.3) is 0 Å². The van der Waals surface area contributed by atoms with Gasteiger partial charge in [-0.25, -0.2) is 0 Å². The van der Waals surface area contributed by atoms with Crippen LogP contribution in [-0.4, -0.2) is 17.5 Å². The highest BCUT2D eigenvalue weighted by atomic mass is 35.5. The van der Waals surface area contributed by atoms with Crippen molar-refractivity contribution in [2.75, 3.05) is 12.3 Å². The Labute approximate surface area is 111 Å². The lowest BCUT2D eigenvalue weighted by Gasteiger charge is -2.27. The van der Waals surface area contributed by atoms with Crippen LogP contribution in [0.3, 0.4) is 0 Å². The predicted molar refractivity (Wildman–Crippen MR) is 76.4 cm³/mol. The quantitative estimate of drug-likeness (QED) is 0.839. The van der Waals surface area contributed by atoms with Gasteiger partial charge < -0.3 is 5.73 Å². The fourth-order valence-corrected chi connectivity index (χ4v) is 2.73. The van der Waals surface area contributed by atoms with Gasteiger partial charge >= 0.3 is 0 Å². The topological polar surface area (TPSA) is 29.3 Å². The van der Waals surface area contributed by atoms with E-state index in [1.165, 1.54) is 24.9 Å². The van der Waals surface area contributed by atoms with Gasteiger partial charge in [-0.15, -0.1) is 12.4 Å². The average molecular weight is 255 g/mol. The van der Waals surface area contributed by atoms with Gasteiger partial charge in [0.05, 0.1) is 0 Å². The van der Waals surface area contributed by atoms with Gasteiger partial charge in [-0.05, 0) is 43.0 Å². The minimum absolute atomic E-state index is 0. The predicted octanol–water partition coefficient (Wildman–Crippen LogP) is 3.31. The molecule has 1 saturated heterocycles. The Balaban J connectivity index is 0.00000144. The molecule has 2 nitrogen and oxygen atoms in total. The van der Waals surface area contributed by atoms with Gasteiger partial charge in [0.2, 0.25) is 0 Å². The normalized spacial score (nSPS) is 20.5. The second-order valence-corrected chi connectivity index (χ2v) is 5.17. The summed E-state index contributed by atoms with van der Waals surface area (Å²) in [5, 5.41) is 0. The van der Waals surface area contributed by atoms with Crippen LogP contribution in [-0.2, 0) is 6.54 Å². The number of hydrogen-bond donors (Lipinski definition) is 1. The van der Waals surface area contributed by atoms with Crippen LogP contribution in [0.15, 0.2) is 24.3 Å². The fourth-order valence-electron chi connectivity index (χ4n) is 2.73. The van der Waals surface area contributed by atoms with E-state index in [4.69, 9.17) is 5.73 Å². The lowest BCUT2D eigenvalue weighted by Crippen LogP contribution is -2.32. The van der Waals surface area contributed by atoms with Crippen molar-refractivity contribution in [2.45, 2.75) is 39.3 Å². The van der Waals surface area contributed by atoms with E-state index >= 15 is 0 Å². The van der Waals surface area contributed by atoms with E-state index in [9.17, 15) is 0 Å². The molecule has 0 bridgehead atoms. The molecular formula is C14H23ClN2. The summed E-state index contributed by atoms with van der Waals surface area (Å²) in [5.74, 6) is 0.753. The van der Waals surface area contributed by atoms with Gasteiger partial charge in [0.1, 0.15) is 0 Å². The SMILES string of the molecule is CC(C)C1CCCN1Cc1cccc(N)c1.Cl. The summed E-state index contributed by atoms with van der Waals surface area (Å²) in [6.07, 6.45) is 2.69. The molecule has 0 amide bonds. The zero-order valence-electron chi connectivity index (χ0n) is 10.7. The lowest BCUT2D eigenvalue weighted by atomic mass is 10.0. The Morgan fingerprint density at radius 1 is 1.41 bits per heavy atom. The molecule has 96 valence electrons. The number of rotatable bonds is 3. The number of nitrogens with zero attached hydrogens (tertiary/aromatic N) is 1. The van der Waals surface area contributed by atoms with Crippen molar-refractivity contribution in [3.8, 4) is 0 Å². The molecule has 0 aromatic heterocycles. The van der Waals surface area contributed by atoms with E-state index in [0.717, 1.165) is 24.2 Å². The summed E-state index contributed by atoms with van der Waals surface area (Å²) in [5.41, 5.74) is 8.02. The van der Waals surface area contributed by atoms with Crippen molar-refractivity contribution in [1.82, 2.24) is 4.90 Å². The molecule has 17 heavy (non-hydrogen) atoms. The van der Waals surface area contributed by atoms with Crippen LogP contribution < -0.4 is 5.73 Å². The third-order valence-corrected chi connectivity index (χ3v) is 3.52. The molecule has 1 aliphatic rings. The number of likely N-dealkylation sites (tertiary alicyclic amines) is 1. The summed E-state index contributed by atoms with van der Waals surface area (Å²) in [6, 6.07) is 9.02. The third kappa shape index (κ3) is 3.62. The summed E-state index contributed by atoms with van der Waals surface area (Å²) in [6.45, 7) is 6.93. The first-order valence-corrected chi connectivity index (χ1v) is 6.25. The molecule has 1 aromatic carbocycles. The minimum atomic E-state index is 0. The maximum absolute atomic E-state index is 5.81. The first-order chi connectivity index (χ1) is 7.66. The van der Waals surface area contributed by atoms with Crippen LogP contribution in [0.5, 0.6) is 0 Å². The highest BCUT2D eigenvalue weighted by Gasteiger charge is 2.26. The first kappa shape index (κ1) is 14.3. The van der Waals surface area contributed by atoms with Gasteiger partial charge in [0, 0.05) is 18.3 Å². The number of hydrogen-bond acceptors (Lipinski definition) is 2. The maximum atomic E-state index is 5.81. The van der Waals surface area contributed by atoms with E-state index in [2.05, 4.69) is 30.9 Å². The molecule has 0 radical (unpaired) electrons. The van der Waals surface area contributed by atoms with E-state index in [1.54, 1.807) is 0 Å². The number of nitrogen functional groups attached to an aromatic ring is 1. The highest BCUT2D eigenvalue weighted by Crippen LogP contribution is 2.25. The molecule has 0 aliphatic carbocycles. The zero-order valence-corrected chi connectivity index (χ0v) is 11.5. The van der Waals surface area contributed by atoms with Crippen molar-refractivity contribution < 1.29 is 0 Å². The number of halogens is 1. The van der Waals surface area contributed by atoms with Crippen molar-refractivity contribution >= 4 is 18.1 Å². The van der Waals surface area contributed by atoms with Crippen molar-refractivity contribution in [3.05, 3.63) is 29.8 Å². The lowest BCUT2D eigenvalue weighted by molar-refractivity contribution is 0.199. The molecule has 1 aromatic rings. The molecule has 2 N–H and O–H groups in total. The Morgan fingerprint density at radius 3 is 2.82 bits per heavy atom. The molecule has 3 heteroatoms. The number of benzene rings is 1. The van der Waals surface area contributed by atoms with Gasteiger partial charge in [-0.3, -0.25) is 4.90 Å². The Kier molecular flexibility index (Phi) is 5.29. The zero-order chi connectivity index (χ0) is 11.5. The van der Waals surface area contributed by atoms with E-state index in [-0.39, 0.29) is 12.4 Å². The molecule has 1 heterocycles. The van der Waals surface area contributed by atoms with Crippen LogP contribution in [0.4, 0.5) is 5.69 Å². The van der Waals surface area contributed by atoms with Crippen molar-refractivity contribution in [3.63, 3.8) is 0 Å². The van der Waals surface area contributed by atoms with Gasteiger partial charge in [-0.1, -0.05) is 26.0 Å². The van der Waals surface area contributed by atoms with Gasteiger partial charge in [0.15, 0.2) is 0 Å². The van der Waals surface area contributed by atoms with Crippen molar-refractivity contribution in [1.29, 1.82) is 0 Å². The van der Waals surface area contributed by atoms with Crippen LogP contribution in [0.1, 0.15) is 32.3 Å². The molecule has 1 atom stereocenters. The van der Waals surface area contributed by atoms with Crippen molar-refractivity contribution in [2.24, 2.45) is 5.92 Å². The van der Waals surface area contributed by atoms with E-state index in [1.807, 2.05) is 12.1 Å². The molecule has 2 rings (SSSR count). The maximum Gasteiger partial charge on any atom is 0.0317 e. The van der Waals surface area contributed by atoms with Crippen LogP contribution >= 0.6 is 12.4 Å². The second-order valence-electron chi connectivity index (χ2n) is 5.17. The minimum Gasteiger partial charge on any atom is -0.399 e. The summed E-state index contributed by atoms with van der Waals surface area (Å²) < 4.78 is 0. The van der Waals surface area contributed by atoms with Crippen LogP contribution in [0, 0.1) is 5.92 Å². The van der Waals surface area contributed by atoms with Gasteiger partial charge in [-0.2, -0.15) is 0 Å². The van der Waals surface area contributed by atoms with Gasteiger partial charge in [0.25, 0.3) is 0 Å². The fraction of sp³-hybridized carbons (Fsp3) is 0.571. The summed E-state index contributed by atoms with van der Waals surface area (Å²) >= 11 is 0. The summed E-state index contributed by atoms with van der Waals surface area (Å²) in [7, 11) is 0. The largest absolute Gasteiger partial charge is 0.399 e. The molecule has 1 fully saturated rings. The second kappa shape index (κ2) is 6.27. The molecular weight excluding hydrogens is 232 g/mol. The third-order valence-electron chi connectivity index (χ3n) is 3.52. The Hall–Kier alpha value is -0.730. The highest BCUT2D eigenvalue weighted by molar-refractivity contribution is 5.85. The summed E-state index contributed by atoms with van der Waals surface area (Å²) in [4.78, 5) is 2.60. The monoisotopic (exact) mass is 254 g/mol. The molecule has 1 aliphatic heterocycles. The van der Waals surface area contributed by atoms with Crippen LogP contribution in [0.2, 0.25) is 0 Å². The molecule has 0 saturated carbocycles. The molecule has 1 unspecified atom stereocenters. The van der Waals surface area contributed by atoms with E-state index < -0.39 is 0 Å². The Bertz CT molecular complexity index is 352. The Morgan fingerprint density at radius 2 is 2.18 bits per heavy atom. The van der Waals surface area contributed by atoms with E-state index in [0.29, 0.717) is 0 Å². The number of nitrogens with two attached hydrogens (primary N) is 1. The standard InChI is InChI=1S/C14H22N2.ClH/c1-11(2)14-7-4-8-16(14)10-12-5-3-6-13(15)9-12;/h3,5-6,9,11,14H,4,7-8,10,15H2,1-2H3;1H. The number of anilines is 1. The first-order valence-electron chi connectivity index (χ1n) is 6.25. The molecule has 0 spiro atoms. The smallest absolute Gasteiger partial charge is 0.0317 e. The average Bonchev–Trinajstić information content (AvgIpc) is 2.66.